The molecule has 0 atom stereocenters. The van der Waals surface area contributed by atoms with E-state index >= 15 is 0 Å². The Labute approximate surface area is 253 Å². The molecule has 6 nitrogen and oxygen atoms in total. The van der Waals surface area contributed by atoms with Crippen LogP contribution in [0.5, 0.6) is 11.5 Å². The number of benzene rings is 3. The topological polar surface area (TPSA) is 71.1 Å². The molecule has 0 aromatic heterocycles. The van der Waals surface area contributed by atoms with Gasteiger partial charge in [0, 0.05) is 10.6 Å². The third kappa shape index (κ3) is 9.38. The van der Waals surface area contributed by atoms with Gasteiger partial charge in [0.1, 0.15) is 42.5 Å². The molecule has 43 heavy (non-hydrogen) atoms. The van der Waals surface area contributed by atoms with Crippen LogP contribution in [0.15, 0.2) is 79.9 Å². The van der Waals surface area contributed by atoms with Crippen LogP contribution in [0.4, 0.5) is 13.2 Å². The summed E-state index contributed by atoms with van der Waals surface area (Å²) in [4.78, 5) is 25.0. The van der Waals surface area contributed by atoms with E-state index < -0.39 is 35.0 Å². The van der Waals surface area contributed by atoms with E-state index in [0.717, 1.165) is 17.2 Å². The van der Waals surface area contributed by atoms with Crippen molar-refractivity contribution < 1.29 is 41.7 Å². The Morgan fingerprint density at radius 1 is 0.860 bits per heavy atom. The maximum Gasteiger partial charge on any atom is 0.419 e. The van der Waals surface area contributed by atoms with Crippen LogP contribution < -0.4 is 9.47 Å². The minimum Gasteiger partial charge on any atom is -0.489 e. The van der Waals surface area contributed by atoms with Crippen LogP contribution >= 0.6 is 11.6 Å². The van der Waals surface area contributed by atoms with Crippen LogP contribution in [0.2, 0.25) is 5.02 Å². The Hall–Kier alpha value is -4.24. The lowest BCUT2D eigenvalue weighted by molar-refractivity contribution is -0.141. The van der Waals surface area contributed by atoms with Gasteiger partial charge < -0.3 is 18.9 Å². The van der Waals surface area contributed by atoms with E-state index in [1.54, 1.807) is 57.2 Å². The summed E-state index contributed by atoms with van der Waals surface area (Å²) in [6, 6.07) is 14.2. The average Bonchev–Trinajstić information content (AvgIpc) is 2.93. The van der Waals surface area contributed by atoms with Gasteiger partial charge in [0.2, 0.25) is 0 Å². The van der Waals surface area contributed by atoms with E-state index in [4.69, 9.17) is 30.5 Å². The first-order valence-electron chi connectivity index (χ1n) is 13.2. The summed E-state index contributed by atoms with van der Waals surface area (Å²) in [6.45, 7) is 11.4. The molecule has 3 aromatic rings. The predicted octanol–water partition coefficient (Wildman–Crippen LogP) is 8.40. The van der Waals surface area contributed by atoms with Gasteiger partial charge in [0.25, 0.3) is 0 Å². The molecule has 10 heteroatoms. The minimum atomic E-state index is -4.78. The average molecular weight is 617 g/mol. The molecule has 0 bridgehead atoms. The Bertz CT molecular complexity index is 1470. The van der Waals surface area contributed by atoms with Crippen molar-refractivity contribution in [2.75, 3.05) is 13.2 Å². The first-order chi connectivity index (χ1) is 20.2. The number of ether oxygens (including phenoxy) is 4. The van der Waals surface area contributed by atoms with E-state index in [1.807, 2.05) is 6.07 Å². The lowest BCUT2D eigenvalue weighted by Crippen LogP contribution is -2.26. The summed E-state index contributed by atoms with van der Waals surface area (Å²) in [5.74, 6) is -1.63. The fourth-order valence-corrected chi connectivity index (χ4v) is 4.19. The van der Waals surface area contributed by atoms with Crippen LogP contribution in [0.1, 0.15) is 47.8 Å². The molecular weight excluding hydrogens is 585 g/mol. The fraction of sp³-hybridized carbons (Fsp3) is 0.273. The van der Waals surface area contributed by atoms with Crippen LogP contribution in [0.25, 0.3) is 11.1 Å². The van der Waals surface area contributed by atoms with Gasteiger partial charge in [-0.25, -0.2) is 4.79 Å². The van der Waals surface area contributed by atoms with Crippen molar-refractivity contribution in [2.45, 2.75) is 45.6 Å². The highest BCUT2D eigenvalue weighted by molar-refractivity contribution is 6.31. The molecule has 0 N–H and O–H groups in total. The summed E-state index contributed by atoms with van der Waals surface area (Å²) >= 11 is 6.39. The summed E-state index contributed by atoms with van der Waals surface area (Å²) in [6.07, 6.45) is -1.99. The van der Waals surface area contributed by atoms with Crippen molar-refractivity contribution in [1.82, 2.24) is 0 Å². The van der Waals surface area contributed by atoms with Gasteiger partial charge in [-0.2, -0.15) is 13.2 Å². The predicted molar refractivity (Wildman–Crippen MR) is 158 cm³/mol. The smallest absolute Gasteiger partial charge is 0.419 e. The largest absolute Gasteiger partial charge is 0.489 e. The van der Waals surface area contributed by atoms with Crippen molar-refractivity contribution in [3.05, 3.63) is 107 Å². The first-order valence-corrected chi connectivity index (χ1v) is 13.6. The van der Waals surface area contributed by atoms with Crippen LogP contribution in [0, 0.1) is 0 Å². The monoisotopic (exact) mass is 616 g/mol. The normalized spacial score (nSPS) is 11.4. The molecule has 0 amide bonds. The molecule has 228 valence electrons. The van der Waals surface area contributed by atoms with Gasteiger partial charge >= 0.3 is 18.1 Å². The number of halogens is 4. The quantitative estimate of drug-likeness (QED) is 0.150. The molecule has 0 aliphatic rings. The van der Waals surface area contributed by atoms with Crippen LogP contribution in [-0.2, 0) is 33.5 Å². The van der Waals surface area contributed by atoms with E-state index in [1.165, 1.54) is 18.2 Å². The van der Waals surface area contributed by atoms with Crippen molar-refractivity contribution in [2.24, 2.45) is 0 Å². The molecule has 3 rings (SSSR count). The third-order valence-electron chi connectivity index (χ3n) is 5.83. The van der Waals surface area contributed by atoms with Gasteiger partial charge in [0.15, 0.2) is 0 Å². The SMILES string of the molecule is C=CCOC(=O)Cc1ccc(-c2ccc(OCc3ccc(C(F)(F)F)c(OCC=C)c3C(=O)OC(C)(C)C)cc2)cc1Cl. The Balaban J connectivity index is 1.85. The summed E-state index contributed by atoms with van der Waals surface area (Å²) in [5, 5.41) is 0.403. The highest BCUT2D eigenvalue weighted by Crippen LogP contribution is 2.40. The van der Waals surface area contributed by atoms with Gasteiger partial charge in [-0.05, 0) is 61.7 Å². The number of esters is 2. The zero-order chi connectivity index (χ0) is 31.8. The highest BCUT2D eigenvalue weighted by Gasteiger charge is 2.38. The maximum atomic E-state index is 13.8. The second-order valence-electron chi connectivity index (χ2n) is 10.3. The molecular formula is C33H32ClF3O6. The lowest BCUT2D eigenvalue weighted by atomic mass is 10.0. The summed E-state index contributed by atoms with van der Waals surface area (Å²) in [7, 11) is 0. The molecule has 0 saturated carbocycles. The van der Waals surface area contributed by atoms with Gasteiger partial charge in [-0.15, -0.1) is 0 Å². The molecule has 0 aliphatic heterocycles. The third-order valence-corrected chi connectivity index (χ3v) is 6.18. The summed E-state index contributed by atoms with van der Waals surface area (Å²) < 4.78 is 63.2. The van der Waals surface area contributed by atoms with Gasteiger partial charge in [-0.3, -0.25) is 4.79 Å². The molecule has 0 aliphatic carbocycles. The molecule has 0 saturated heterocycles. The molecule has 0 spiro atoms. The standard InChI is InChI=1S/C33H32ClF3O6/c1-6-16-40-28(38)19-23-9-8-22(18-27(23)34)21-10-13-25(14-11-21)42-20-24-12-15-26(33(35,36)37)30(41-17-7-2)29(24)31(39)43-32(3,4)5/h6-15,18H,1-2,16-17,19-20H2,3-5H3. The second-order valence-corrected chi connectivity index (χ2v) is 10.8. The summed E-state index contributed by atoms with van der Waals surface area (Å²) in [5.41, 5.74) is -0.0800. The van der Waals surface area contributed by atoms with Crippen LogP contribution in [0.3, 0.4) is 0 Å². The van der Waals surface area contributed by atoms with Gasteiger partial charge in [-0.1, -0.05) is 67.2 Å². The van der Waals surface area contributed by atoms with Crippen molar-refractivity contribution in [1.29, 1.82) is 0 Å². The Morgan fingerprint density at radius 3 is 2.07 bits per heavy atom. The highest BCUT2D eigenvalue weighted by atomic mass is 35.5. The number of alkyl halides is 3. The van der Waals surface area contributed by atoms with E-state index in [0.29, 0.717) is 16.3 Å². The molecule has 0 unspecified atom stereocenters. The van der Waals surface area contributed by atoms with E-state index in [9.17, 15) is 22.8 Å². The zero-order valence-electron chi connectivity index (χ0n) is 24.1. The number of carbonyl (C=O) groups excluding carboxylic acids is 2. The minimum absolute atomic E-state index is 0.0231. The maximum absolute atomic E-state index is 13.8. The number of hydrogen-bond donors (Lipinski definition) is 0. The zero-order valence-corrected chi connectivity index (χ0v) is 24.8. The van der Waals surface area contributed by atoms with Gasteiger partial charge in [0.05, 0.1) is 12.0 Å². The van der Waals surface area contributed by atoms with Crippen molar-refractivity contribution in [3.8, 4) is 22.6 Å². The fourth-order valence-electron chi connectivity index (χ4n) is 3.95. The number of rotatable bonds is 12. The molecule has 3 aromatic carbocycles. The van der Waals surface area contributed by atoms with E-state index in [2.05, 4.69) is 13.2 Å². The Kier molecular flexibility index (Phi) is 11.1. The first kappa shape index (κ1) is 33.3. The Morgan fingerprint density at radius 2 is 1.49 bits per heavy atom. The lowest BCUT2D eigenvalue weighted by Gasteiger charge is -2.24. The molecule has 0 fully saturated rings. The van der Waals surface area contributed by atoms with E-state index in [-0.39, 0.29) is 37.4 Å². The number of carbonyl (C=O) groups is 2. The van der Waals surface area contributed by atoms with Crippen molar-refractivity contribution in [3.63, 3.8) is 0 Å². The number of hydrogen-bond acceptors (Lipinski definition) is 6. The molecule has 0 radical (unpaired) electrons. The molecule has 0 heterocycles. The van der Waals surface area contributed by atoms with Crippen LogP contribution in [-0.4, -0.2) is 30.8 Å². The second kappa shape index (κ2) is 14.3. The van der Waals surface area contributed by atoms with Crippen molar-refractivity contribution >= 4 is 23.5 Å².